The van der Waals surface area contributed by atoms with Crippen molar-refractivity contribution in [3.8, 4) is 17.5 Å². The molecule has 0 saturated carbocycles. The van der Waals surface area contributed by atoms with Gasteiger partial charge >= 0.3 is 6.18 Å². The molecule has 0 spiro atoms. The highest BCUT2D eigenvalue weighted by atomic mass is 28.3. The van der Waals surface area contributed by atoms with Gasteiger partial charge in [0.15, 0.2) is 5.78 Å². The van der Waals surface area contributed by atoms with Crippen LogP contribution in [0.5, 0.6) is 0 Å². The van der Waals surface area contributed by atoms with E-state index in [-0.39, 0.29) is 5.56 Å². The second kappa shape index (κ2) is 8.17. The van der Waals surface area contributed by atoms with Gasteiger partial charge in [-0.05, 0) is 25.0 Å². The number of halogens is 3. The summed E-state index contributed by atoms with van der Waals surface area (Å²) in [5, 5.41) is 9.15. The van der Waals surface area contributed by atoms with Crippen molar-refractivity contribution in [3.63, 3.8) is 0 Å². The fourth-order valence-corrected chi connectivity index (χ4v) is 2.66. The third kappa shape index (κ3) is 6.60. The van der Waals surface area contributed by atoms with Gasteiger partial charge in [-0.2, -0.15) is 18.4 Å². The predicted octanol–water partition coefficient (Wildman–Crippen LogP) is 5.08. The summed E-state index contributed by atoms with van der Waals surface area (Å²) >= 11 is 0. The number of benzene rings is 1. The van der Waals surface area contributed by atoms with Crippen molar-refractivity contribution >= 4 is 13.9 Å². The molecule has 1 rings (SSSR count). The fourth-order valence-electron chi connectivity index (χ4n) is 2.00. The van der Waals surface area contributed by atoms with Crippen LogP contribution < -0.4 is 0 Å². The van der Waals surface area contributed by atoms with Crippen LogP contribution in [0.4, 0.5) is 13.2 Å². The number of unbranched alkanes of at least 4 members (excludes halogenated alkanes) is 1. The molecule has 1 aromatic rings. The molecule has 0 aliphatic rings. The zero-order valence-corrected chi connectivity index (χ0v) is 15.0. The molecular weight excluding hydrogens is 331 g/mol. The molecule has 1 atom stereocenters. The summed E-state index contributed by atoms with van der Waals surface area (Å²) in [6, 6.07) is 5.92. The van der Waals surface area contributed by atoms with Crippen molar-refractivity contribution in [2.75, 3.05) is 0 Å². The summed E-state index contributed by atoms with van der Waals surface area (Å²) in [4.78, 5) is 12.2. The predicted molar refractivity (Wildman–Crippen MR) is 89.9 cm³/mol. The van der Waals surface area contributed by atoms with Crippen LogP contribution in [0, 0.1) is 28.7 Å². The van der Waals surface area contributed by atoms with E-state index in [1.165, 1.54) is 0 Å². The van der Waals surface area contributed by atoms with Crippen molar-refractivity contribution in [1.29, 1.82) is 5.26 Å². The molecule has 24 heavy (non-hydrogen) atoms. The average Bonchev–Trinajstić information content (AvgIpc) is 2.48. The average molecular weight is 351 g/mol. The van der Waals surface area contributed by atoms with Crippen molar-refractivity contribution in [1.82, 2.24) is 0 Å². The van der Waals surface area contributed by atoms with E-state index in [2.05, 4.69) is 31.1 Å². The first-order valence-corrected chi connectivity index (χ1v) is 11.2. The molecular formula is C18H20F3NOSi. The number of nitrogens with zero attached hydrogens (tertiary/aromatic N) is 1. The Kier molecular flexibility index (Phi) is 6.80. The Bertz CT molecular complexity index is 670. The molecule has 0 fully saturated rings. The maximum absolute atomic E-state index is 12.5. The molecule has 128 valence electrons. The summed E-state index contributed by atoms with van der Waals surface area (Å²) in [6.45, 7) is 6.39. The van der Waals surface area contributed by atoms with E-state index in [1.54, 1.807) is 0 Å². The highest BCUT2D eigenvalue weighted by Crippen LogP contribution is 2.29. The van der Waals surface area contributed by atoms with Gasteiger partial charge < -0.3 is 0 Å². The minimum absolute atomic E-state index is 0.128. The first-order chi connectivity index (χ1) is 11.0. The number of carbonyl (C=O) groups is 1. The van der Waals surface area contributed by atoms with Gasteiger partial charge in [-0.25, -0.2) is 0 Å². The molecule has 0 heterocycles. The number of Topliss-reactive ketones (excluding diaryl/α,β-unsaturated/α-hetero) is 1. The Morgan fingerprint density at radius 2 is 1.79 bits per heavy atom. The van der Waals surface area contributed by atoms with Crippen LogP contribution >= 0.6 is 0 Å². The van der Waals surface area contributed by atoms with Crippen LogP contribution in [-0.2, 0) is 6.18 Å². The van der Waals surface area contributed by atoms with Gasteiger partial charge in [0.25, 0.3) is 0 Å². The fraction of sp³-hybridized carbons (Fsp3) is 0.444. The van der Waals surface area contributed by atoms with Crippen LogP contribution in [0.15, 0.2) is 24.3 Å². The van der Waals surface area contributed by atoms with E-state index in [0.29, 0.717) is 19.3 Å². The molecule has 0 saturated heterocycles. The zero-order chi connectivity index (χ0) is 18.4. The molecule has 0 aliphatic carbocycles. The lowest BCUT2D eigenvalue weighted by atomic mass is 9.93. The lowest BCUT2D eigenvalue weighted by Gasteiger charge is -2.10. The molecule has 1 unspecified atom stereocenters. The Morgan fingerprint density at radius 3 is 2.25 bits per heavy atom. The molecule has 0 amide bonds. The standard InChI is InChI=1S/C18H20F3NOSi/c1-24(2,3)12-6-4-5-7-15(13-22)17(23)14-8-10-16(11-9-14)18(19,20)21/h8-11,15H,4-5,7H2,1-3H3. The van der Waals surface area contributed by atoms with Crippen LogP contribution in [0.2, 0.25) is 19.6 Å². The number of alkyl halides is 3. The Balaban J connectivity index is 2.67. The number of carbonyl (C=O) groups excluding carboxylic acids is 1. The minimum Gasteiger partial charge on any atom is -0.293 e. The highest BCUT2D eigenvalue weighted by Gasteiger charge is 2.30. The lowest BCUT2D eigenvalue weighted by Crippen LogP contribution is -2.16. The normalized spacial score (nSPS) is 12.7. The number of ketones is 1. The smallest absolute Gasteiger partial charge is 0.293 e. The van der Waals surface area contributed by atoms with Gasteiger partial charge in [0.05, 0.1) is 11.6 Å². The van der Waals surface area contributed by atoms with Crippen molar-refractivity contribution in [2.45, 2.75) is 45.1 Å². The van der Waals surface area contributed by atoms with Crippen molar-refractivity contribution in [3.05, 3.63) is 35.4 Å². The summed E-state index contributed by atoms with van der Waals surface area (Å²) < 4.78 is 37.6. The van der Waals surface area contributed by atoms with Crippen molar-refractivity contribution in [2.24, 2.45) is 5.92 Å². The number of hydrogen-bond donors (Lipinski definition) is 0. The van der Waals surface area contributed by atoms with E-state index in [0.717, 1.165) is 24.3 Å². The lowest BCUT2D eigenvalue weighted by molar-refractivity contribution is -0.137. The van der Waals surface area contributed by atoms with Gasteiger partial charge in [0.2, 0.25) is 0 Å². The van der Waals surface area contributed by atoms with Crippen LogP contribution in [-0.4, -0.2) is 13.9 Å². The third-order valence-corrected chi connectivity index (χ3v) is 4.15. The number of rotatable bonds is 5. The Labute approximate surface area is 141 Å². The van der Waals surface area contributed by atoms with Gasteiger partial charge in [-0.1, -0.05) is 31.8 Å². The molecule has 0 aliphatic heterocycles. The Morgan fingerprint density at radius 1 is 1.21 bits per heavy atom. The molecule has 1 aromatic carbocycles. The highest BCUT2D eigenvalue weighted by molar-refractivity contribution is 6.83. The SMILES string of the molecule is C[Si](C)(C)C#CCCCC(C#N)C(=O)c1ccc(C(F)(F)F)cc1. The quantitative estimate of drug-likeness (QED) is 0.321. The van der Waals surface area contributed by atoms with E-state index in [9.17, 15) is 18.0 Å². The zero-order valence-electron chi connectivity index (χ0n) is 14.0. The molecule has 6 heteroatoms. The second-order valence-electron chi connectivity index (χ2n) is 6.57. The van der Waals surface area contributed by atoms with Crippen LogP contribution in [0.1, 0.15) is 35.2 Å². The molecule has 0 radical (unpaired) electrons. The molecule has 0 bridgehead atoms. The third-order valence-electron chi connectivity index (χ3n) is 3.23. The number of hydrogen-bond acceptors (Lipinski definition) is 2. The van der Waals surface area contributed by atoms with Crippen LogP contribution in [0.3, 0.4) is 0 Å². The van der Waals surface area contributed by atoms with Gasteiger partial charge in [0, 0.05) is 12.0 Å². The first kappa shape index (κ1) is 20.0. The summed E-state index contributed by atoms with van der Waals surface area (Å²) in [5.74, 6) is 1.78. The van der Waals surface area contributed by atoms with E-state index in [4.69, 9.17) is 5.26 Å². The topological polar surface area (TPSA) is 40.9 Å². The maximum Gasteiger partial charge on any atom is 0.416 e. The second-order valence-corrected chi connectivity index (χ2v) is 11.3. The summed E-state index contributed by atoms with van der Waals surface area (Å²) in [7, 11) is -1.42. The first-order valence-electron chi connectivity index (χ1n) is 7.66. The van der Waals surface area contributed by atoms with Gasteiger partial charge in [0.1, 0.15) is 14.0 Å². The maximum atomic E-state index is 12.5. The van der Waals surface area contributed by atoms with Gasteiger partial charge in [-0.3, -0.25) is 4.79 Å². The molecule has 2 nitrogen and oxygen atoms in total. The Hall–Kier alpha value is -2.05. The molecule has 0 N–H and O–H groups in total. The van der Waals surface area contributed by atoms with Gasteiger partial charge in [-0.15, -0.1) is 11.5 Å². The summed E-state index contributed by atoms with van der Waals surface area (Å²) in [6.07, 6.45) is -2.85. The van der Waals surface area contributed by atoms with E-state index < -0.39 is 31.5 Å². The molecule has 0 aromatic heterocycles. The minimum atomic E-state index is -4.44. The van der Waals surface area contributed by atoms with E-state index >= 15 is 0 Å². The van der Waals surface area contributed by atoms with Crippen LogP contribution in [0.25, 0.3) is 0 Å². The largest absolute Gasteiger partial charge is 0.416 e. The monoisotopic (exact) mass is 351 g/mol. The van der Waals surface area contributed by atoms with Crippen molar-refractivity contribution < 1.29 is 18.0 Å². The van der Waals surface area contributed by atoms with E-state index in [1.807, 2.05) is 6.07 Å². The summed E-state index contributed by atoms with van der Waals surface area (Å²) in [5.41, 5.74) is 2.53. The number of nitriles is 1.